The van der Waals surface area contributed by atoms with Crippen LogP contribution in [0.1, 0.15) is 47.2 Å². The Morgan fingerprint density at radius 2 is 2.17 bits per heavy atom. The fourth-order valence-corrected chi connectivity index (χ4v) is 4.22. The van der Waals surface area contributed by atoms with Gasteiger partial charge in [0.2, 0.25) is 0 Å². The average molecular weight is 420 g/mol. The first kappa shape index (κ1) is 23.0. The molecule has 7 nitrogen and oxygen atoms in total. The van der Waals surface area contributed by atoms with E-state index in [1.165, 1.54) is 6.08 Å². The van der Waals surface area contributed by atoms with Gasteiger partial charge in [0.25, 0.3) is 5.56 Å². The lowest BCUT2D eigenvalue weighted by Crippen LogP contribution is -2.33. The number of rotatable bonds is 12. The van der Waals surface area contributed by atoms with Crippen molar-refractivity contribution in [3.8, 4) is 0 Å². The number of esters is 1. The second kappa shape index (κ2) is 11.0. The number of hydrogen-bond acceptors (Lipinski definition) is 7. The molecule has 0 saturated carbocycles. The van der Waals surface area contributed by atoms with Gasteiger partial charge in [-0.1, -0.05) is 25.7 Å². The Bertz CT molecular complexity index is 919. The first-order valence-electron chi connectivity index (χ1n) is 9.72. The van der Waals surface area contributed by atoms with E-state index < -0.39 is 12.1 Å². The van der Waals surface area contributed by atoms with Crippen molar-refractivity contribution >= 4 is 27.5 Å². The molecule has 2 aromatic heterocycles. The van der Waals surface area contributed by atoms with Crippen LogP contribution in [-0.2, 0) is 11.3 Å². The molecule has 0 spiro atoms. The highest BCUT2D eigenvalue weighted by molar-refractivity contribution is 7.20. The molecule has 29 heavy (non-hydrogen) atoms. The van der Waals surface area contributed by atoms with Crippen LogP contribution in [-0.4, -0.2) is 51.7 Å². The molecule has 0 bridgehead atoms. The highest BCUT2D eigenvalue weighted by Gasteiger charge is 2.21. The number of fused-ring (bicyclic) bond motifs is 1. The maximum Gasteiger partial charge on any atom is 0.348 e. The molecule has 2 N–H and O–H groups in total. The third kappa shape index (κ3) is 6.09. The van der Waals surface area contributed by atoms with Crippen molar-refractivity contribution < 1.29 is 14.6 Å². The van der Waals surface area contributed by atoms with Crippen LogP contribution in [0.25, 0.3) is 10.2 Å². The van der Waals surface area contributed by atoms with Crippen molar-refractivity contribution in [1.29, 1.82) is 0 Å². The third-order valence-electron chi connectivity index (χ3n) is 4.45. The summed E-state index contributed by atoms with van der Waals surface area (Å²) in [5, 5.41) is 10.6. The van der Waals surface area contributed by atoms with Gasteiger partial charge in [0, 0.05) is 6.54 Å². The number of thiophene rings is 1. The lowest BCUT2D eigenvalue weighted by atomic mass is 10.2. The van der Waals surface area contributed by atoms with Crippen molar-refractivity contribution in [2.24, 2.45) is 0 Å². The van der Waals surface area contributed by atoms with E-state index in [0.717, 1.165) is 30.7 Å². The van der Waals surface area contributed by atoms with E-state index in [1.807, 2.05) is 0 Å². The summed E-state index contributed by atoms with van der Waals surface area (Å²) in [4.78, 5) is 35.2. The van der Waals surface area contributed by atoms with Crippen molar-refractivity contribution in [2.45, 2.75) is 45.8 Å². The molecule has 8 heteroatoms. The molecule has 2 aromatic rings. The second-order valence-electron chi connectivity index (χ2n) is 6.89. The van der Waals surface area contributed by atoms with Crippen LogP contribution in [0.4, 0.5) is 0 Å². The third-order valence-corrected chi connectivity index (χ3v) is 5.62. The summed E-state index contributed by atoms with van der Waals surface area (Å²) in [6, 6.07) is 0. The fraction of sp³-hybridized carbons (Fsp3) is 0.476. The largest absolute Gasteiger partial charge is 0.457 e. The van der Waals surface area contributed by atoms with Gasteiger partial charge < -0.3 is 14.8 Å². The monoisotopic (exact) mass is 419 g/mol. The predicted octanol–water partition coefficient (Wildman–Crippen LogP) is 3.17. The SMILES string of the molecule is C=CCCC(O)CN(CCC)Cc1nc2sc(C(=O)OCC=C)c(C)c2c(=O)[nH]1. The number of nitrogens with zero attached hydrogens (tertiary/aromatic N) is 2. The number of H-pyrrole nitrogens is 1. The zero-order valence-electron chi connectivity index (χ0n) is 17.1. The number of hydrogen-bond donors (Lipinski definition) is 2. The van der Waals surface area contributed by atoms with E-state index in [4.69, 9.17) is 4.74 Å². The van der Waals surface area contributed by atoms with E-state index in [1.54, 1.807) is 13.0 Å². The van der Waals surface area contributed by atoms with E-state index in [0.29, 0.717) is 46.0 Å². The van der Waals surface area contributed by atoms with Gasteiger partial charge in [0.05, 0.1) is 18.0 Å². The number of aliphatic hydroxyl groups is 1. The average Bonchev–Trinajstić information content (AvgIpc) is 3.01. The highest BCUT2D eigenvalue weighted by Crippen LogP contribution is 2.27. The Morgan fingerprint density at radius 3 is 2.83 bits per heavy atom. The van der Waals surface area contributed by atoms with E-state index in [-0.39, 0.29) is 12.2 Å². The number of allylic oxidation sites excluding steroid dienone is 1. The number of carbonyl (C=O) groups excluding carboxylic acids is 1. The van der Waals surface area contributed by atoms with Gasteiger partial charge in [-0.3, -0.25) is 9.69 Å². The summed E-state index contributed by atoms with van der Waals surface area (Å²) in [7, 11) is 0. The van der Waals surface area contributed by atoms with Crippen molar-refractivity contribution in [1.82, 2.24) is 14.9 Å². The van der Waals surface area contributed by atoms with Gasteiger partial charge in [-0.2, -0.15) is 0 Å². The first-order chi connectivity index (χ1) is 13.9. The maximum atomic E-state index is 12.6. The highest BCUT2D eigenvalue weighted by atomic mass is 32.1. The zero-order valence-corrected chi connectivity index (χ0v) is 17.9. The van der Waals surface area contributed by atoms with Crippen LogP contribution in [0, 0.1) is 6.92 Å². The normalized spacial score (nSPS) is 12.3. The molecule has 0 saturated heterocycles. The van der Waals surface area contributed by atoms with E-state index >= 15 is 0 Å². The minimum absolute atomic E-state index is 0.113. The van der Waals surface area contributed by atoms with Gasteiger partial charge in [-0.25, -0.2) is 9.78 Å². The molecule has 0 aliphatic rings. The zero-order chi connectivity index (χ0) is 21.4. The molecule has 2 heterocycles. The number of aromatic amines is 1. The summed E-state index contributed by atoms with van der Waals surface area (Å²) in [5.41, 5.74) is 0.301. The molecule has 0 fully saturated rings. The molecule has 0 aromatic carbocycles. The molecular formula is C21H29N3O4S. The van der Waals surface area contributed by atoms with Crippen LogP contribution < -0.4 is 5.56 Å². The van der Waals surface area contributed by atoms with Crippen molar-refractivity contribution in [3.05, 3.63) is 51.9 Å². The Kier molecular flexibility index (Phi) is 8.75. The Morgan fingerprint density at radius 1 is 1.41 bits per heavy atom. The number of aromatic nitrogens is 2. The summed E-state index contributed by atoms with van der Waals surface area (Å²) in [5.74, 6) is 0.0310. The lowest BCUT2D eigenvalue weighted by molar-refractivity contribution is 0.0554. The predicted molar refractivity (Wildman–Crippen MR) is 116 cm³/mol. The quantitative estimate of drug-likeness (QED) is 0.405. The van der Waals surface area contributed by atoms with Crippen LogP contribution in [0.5, 0.6) is 0 Å². The van der Waals surface area contributed by atoms with Crippen molar-refractivity contribution in [3.63, 3.8) is 0 Å². The number of aryl methyl sites for hydroxylation is 1. The summed E-state index contributed by atoms with van der Waals surface area (Å²) in [6.45, 7) is 12.8. The van der Waals surface area contributed by atoms with Crippen molar-refractivity contribution in [2.75, 3.05) is 19.7 Å². The molecule has 1 unspecified atom stereocenters. The Hall–Kier alpha value is -2.29. The number of nitrogens with one attached hydrogen (secondary N) is 1. The molecule has 0 aliphatic carbocycles. The topological polar surface area (TPSA) is 95.5 Å². The van der Waals surface area contributed by atoms with Crippen LogP contribution in [0.2, 0.25) is 0 Å². The summed E-state index contributed by atoms with van der Waals surface area (Å²) in [6.07, 6.45) is 5.13. The maximum absolute atomic E-state index is 12.6. The van der Waals surface area contributed by atoms with E-state index in [9.17, 15) is 14.7 Å². The van der Waals surface area contributed by atoms with Gasteiger partial charge in [0.1, 0.15) is 22.1 Å². The molecule has 0 aliphatic heterocycles. The number of ether oxygens (including phenoxy) is 1. The standard InChI is InChI=1S/C21H29N3O4S/c1-5-8-9-15(25)12-24(10-6-2)13-16-22-19(26)17-14(4)18(29-20(17)23-16)21(27)28-11-7-3/h5,7,15,25H,1,3,6,8-13H2,2,4H3,(H,22,23,26). The molecule has 0 amide bonds. The Balaban J connectivity index is 2.26. The van der Waals surface area contributed by atoms with E-state index in [2.05, 4.69) is 34.9 Å². The minimum Gasteiger partial charge on any atom is -0.457 e. The summed E-state index contributed by atoms with van der Waals surface area (Å²) < 4.78 is 5.10. The molecule has 1 atom stereocenters. The molecule has 2 rings (SSSR count). The van der Waals surface area contributed by atoms with Gasteiger partial charge in [-0.15, -0.1) is 17.9 Å². The lowest BCUT2D eigenvalue weighted by Gasteiger charge is -2.24. The number of aliphatic hydroxyl groups excluding tert-OH is 1. The van der Waals surface area contributed by atoms with Crippen LogP contribution >= 0.6 is 11.3 Å². The van der Waals surface area contributed by atoms with Gasteiger partial charge in [0.15, 0.2) is 0 Å². The smallest absolute Gasteiger partial charge is 0.348 e. The summed E-state index contributed by atoms with van der Waals surface area (Å²) >= 11 is 1.16. The molecular weight excluding hydrogens is 390 g/mol. The fourth-order valence-electron chi connectivity index (χ4n) is 3.12. The minimum atomic E-state index is -0.482. The first-order valence-corrected chi connectivity index (χ1v) is 10.5. The van der Waals surface area contributed by atoms with Gasteiger partial charge in [-0.05, 0) is 38.3 Å². The molecule has 0 radical (unpaired) electrons. The van der Waals surface area contributed by atoms with Crippen LogP contribution in [0.3, 0.4) is 0 Å². The molecule has 158 valence electrons. The second-order valence-corrected chi connectivity index (χ2v) is 7.89. The van der Waals surface area contributed by atoms with Crippen LogP contribution in [0.15, 0.2) is 30.1 Å². The number of carbonyl (C=O) groups is 1. The van der Waals surface area contributed by atoms with Gasteiger partial charge >= 0.3 is 5.97 Å². The Labute approximate surface area is 174 Å².